The first-order valence-corrected chi connectivity index (χ1v) is 10.1. The SMILES string of the molecule is CN1CCN(c2ccc(C[C@@H](C#N)NC(=O)[C@H]3N[C@H]4CC[C@H]3C4)cc2)CC1. The van der Waals surface area contributed by atoms with E-state index in [1.54, 1.807) is 0 Å². The second kappa shape index (κ2) is 7.87. The number of carbonyl (C=O) groups is 1. The van der Waals surface area contributed by atoms with Crippen molar-refractivity contribution in [1.82, 2.24) is 15.5 Å². The van der Waals surface area contributed by atoms with Gasteiger partial charge >= 0.3 is 0 Å². The third kappa shape index (κ3) is 4.10. The van der Waals surface area contributed by atoms with Gasteiger partial charge < -0.3 is 20.4 Å². The summed E-state index contributed by atoms with van der Waals surface area (Å²) in [6.45, 7) is 4.26. The zero-order valence-corrected chi connectivity index (χ0v) is 16.0. The molecule has 2 aliphatic heterocycles. The largest absolute Gasteiger partial charge is 0.369 e. The molecule has 1 amide bonds. The van der Waals surface area contributed by atoms with Crippen molar-refractivity contribution in [3.8, 4) is 6.07 Å². The van der Waals surface area contributed by atoms with Crippen LogP contribution in [0.4, 0.5) is 5.69 Å². The fourth-order valence-electron chi connectivity index (χ4n) is 4.68. The summed E-state index contributed by atoms with van der Waals surface area (Å²) in [5.74, 6) is 0.431. The van der Waals surface area contributed by atoms with Gasteiger partial charge in [0.05, 0.1) is 12.1 Å². The van der Waals surface area contributed by atoms with Crippen molar-refractivity contribution in [2.75, 3.05) is 38.1 Å². The van der Waals surface area contributed by atoms with Gasteiger partial charge in [-0.2, -0.15) is 5.26 Å². The maximum Gasteiger partial charge on any atom is 0.238 e. The molecule has 0 spiro atoms. The van der Waals surface area contributed by atoms with Crippen LogP contribution in [0.5, 0.6) is 0 Å². The first-order chi connectivity index (χ1) is 13.1. The molecule has 1 aliphatic carbocycles. The van der Waals surface area contributed by atoms with Crippen LogP contribution >= 0.6 is 0 Å². The van der Waals surface area contributed by atoms with Gasteiger partial charge in [0.1, 0.15) is 6.04 Å². The molecule has 27 heavy (non-hydrogen) atoms. The van der Waals surface area contributed by atoms with Gasteiger partial charge in [-0.3, -0.25) is 4.79 Å². The van der Waals surface area contributed by atoms with Gasteiger partial charge in [-0.15, -0.1) is 0 Å². The molecule has 1 saturated carbocycles. The molecular weight excluding hydrogens is 338 g/mol. The molecule has 3 aliphatic rings. The minimum Gasteiger partial charge on any atom is -0.369 e. The average Bonchev–Trinajstić information content (AvgIpc) is 3.32. The van der Waals surface area contributed by atoms with Crippen molar-refractivity contribution in [3.63, 3.8) is 0 Å². The van der Waals surface area contributed by atoms with Crippen LogP contribution in [0.2, 0.25) is 0 Å². The smallest absolute Gasteiger partial charge is 0.238 e. The van der Waals surface area contributed by atoms with Crippen LogP contribution in [-0.2, 0) is 11.2 Å². The predicted molar refractivity (Wildman–Crippen MR) is 105 cm³/mol. The zero-order valence-electron chi connectivity index (χ0n) is 16.0. The minimum atomic E-state index is -0.479. The number of hydrogen-bond acceptors (Lipinski definition) is 5. The van der Waals surface area contributed by atoms with Crippen LogP contribution in [0, 0.1) is 17.2 Å². The van der Waals surface area contributed by atoms with E-state index in [2.05, 4.69) is 57.8 Å². The third-order valence-corrected chi connectivity index (χ3v) is 6.36. The molecule has 4 atom stereocenters. The molecule has 3 fully saturated rings. The number of hydrogen-bond donors (Lipinski definition) is 2. The van der Waals surface area contributed by atoms with Crippen molar-refractivity contribution in [2.45, 2.75) is 43.8 Å². The Kier molecular flexibility index (Phi) is 5.33. The molecule has 144 valence electrons. The second-order valence-corrected chi connectivity index (χ2v) is 8.27. The standard InChI is InChI=1S/C21H29N5O/c1-25-8-10-26(11-9-25)19-6-2-15(3-7-19)12-18(14-22)24-21(27)20-16-4-5-17(13-16)23-20/h2-3,6-7,16-18,20,23H,4-5,8-13H2,1H3,(H,24,27)/t16-,17-,18-,20-/m0/s1. The van der Waals surface area contributed by atoms with E-state index in [9.17, 15) is 10.1 Å². The summed E-state index contributed by atoms with van der Waals surface area (Å²) in [7, 11) is 2.16. The summed E-state index contributed by atoms with van der Waals surface area (Å²) < 4.78 is 0. The van der Waals surface area contributed by atoms with Gasteiger partial charge in [-0.25, -0.2) is 0 Å². The van der Waals surface area contributed by atoms with Gasteiger partial charge in [0.2, 0.25) is 5.91 Å². The molecule has 0 unspecified atom stereocenters. The molecule has 1 aromatic carbocycles. The van der Waals surface area contributed by atoms with Crippen molar-refractivity contribution in [3.05, 3.63) is 29.8 Å². The predicted octanol–water partition coefficient (Wildman–Crippen LogP) is 1.13. The van der Waals surface area contributed by atoms with Gasteiger partial charge in [-0.1, -0.05) is 12.1 Å². The third-order valence-electron chi connectivity index (χ3n) is 6.36. The second-order valence-electron chi connectivity index (χ2n) is 8.27. The molecule has 4 rings (SSSR count). The first-order valence-electron chi connectivity index (χ1n) is 10.1. The molecular formula is C21H29N5O. The molecule has 6 heteroatoms. The highest BCUT2D eigenvalue weighted by Gasteiger charge is 2.43. The van der Waals surface area contributed by atoms with Crippen molar-refractivity contribution < 1.29 is 4.79 Å². The van der Waals surface area contributed by atoms with Gasteiger partial charge in [-0.05, 0) is 49.9 Å². The van der Waals surface area contributed by atoms with Gasteiger partial charge in [0, 0.05) is 44.3 Å². The van der Waals surface area contributed by atoms with Crippen LogP contribution in [0.1, 0.15) is 24.8 Å². The number of amides is 1. The molecule has 1 aromatic rings. The number of anilines is 1. The summed E-state index contributed by atoms with van der Waals surface area (Å²) in [6.07, 6.45) is 3.95. The number of likely N-dealkylation sites (N-methyl/N-ethyl adjacent to an activating group) is 1. The Hall–Kier alpha value is -2.10. The molecule has 2 N–H and O–H groups in total. The van der Waals surface area contributed by atoms with Crippen molar-refractivity contribution in [1.29, 1.82) is 5.26 Å². The number of carbonyl (C=O) groups excluding carboxylic acids is 1. The molecule has 2 heterocycles. The lowest BCUT2D eigenvalue weighted by molar-refractivity contribution is -0.124. The Morgan fingerprint density at radius 3 is 2.59 bits per heavy atom. The Labute approximate surface area is 161 Å². The van der Waals surface area contributed by atoms with E-state index in [-0.39, 0.29) is 11.9 Å². The number of piperazine rings is 1. The van der Waals surface area contributed by atoms with Gasteiger partial charge in [0.15, 0.2) is 0 Å². The Balaban J connectivity index is 1.32. The number of fused-ring (bicyclic) bond motifs is 2. The number of piperidine rings is 1. The average molecular weight is 367 g/mol. The lowest BCUT2D eigenvalue weighted by atomic mass is 9.98. The molecule has 0 aromatic heterocycles. The number of nitrogens with one attached hydrogen (secondary N) is 2. The summed E-state index contributed by atoms with van der Waals surface area (Å²) in [5, 5.41) is 15.8. The van der Waals surface area contributed by atoms with Crippen LogP contribution in [0.25, 0.3) is 0 Å². The first kappa shape index (κ1) is 18.3. The number of nitriles is 1. The van der Waals surface area contributed by atoms with Crippen LogP contribution < -0.4 is 15.5 Å². The summed E-state index contributed by atoms with van der Waals surface area (Å²) in [6, 6.07) is 10.6. The molecule has 0 radical (unpaired) electrons. The van der Waals surface area contributed by atoms with Crippen LogP contribution in [-0.4, -0.2) is 62.2 Å². The molecule has 2 saturated heterocycles. The number of nitrogens with zero attached hydrogens (tertiary/aromatic N) is 3. The highest BCUT2D eigenvalue weighted by molar-refractivity contribution is 5.83. The fourth-order valence-corrected chi connectivity index (χ4v) is 4.68. The van der Waals surface area contributed by atoms with E-state index in [0.717, 1.165) is 44.6 Å². The van der Waals surface area contributed by atoms with E-state index in [1.807, 2.05) is 0 Å². The summed E-state index contributed by atoms with van der Waals surface area (Å²) in [4.78, 5) is 17.3. The Bertz CT molecular complexity index is 704. The highest BCUT2D eigenvalue weighted by atomic mass is 16.2. The monoisotopic (exact) mass is 367 g/mol. The number of benzene rings is 1. The maximum atomic E-state index is 12.5. The van der Waals surface area contributed by atoms with Crippen molar-refractivity contribution >= 4 is 11.6 Å². The van der Waals surface area contributed by atoms with E-state index in [0.29, 0.717) is 18.4 Å². The van der Waals surface area contributed by atoms with Crippen LogP contribution in [0.15, 0.2) is 24.3 Å². The normalized spacial score (nSPS) is 28.7. The van der Waals surface area contributed by atoms with E-state index in [1.165, 1.54) is 12.1 Å². The zero-order chi connectivity index (χ0) is 18.8. The molecule has 6 nitrogen and oxygen atoms in total. The van der Waals surface area contributed by atoms with Gasteiger partial charge in [0.25, 0.3) is 0 Å². The lowest BCUT2D eigenvalue weighted by Gasteiger charge is -2.34. The number of rotatable bonds is 5. The maximum absolute atomic E-state index is 12.5. The highest BCUT2D eigenvalue weighted by Crippen LogP contribution is 2.35. The minimum absolute atomic E-state index is 0.0113. The van der Waals surface area contributed by atoms with Crippen molar-refractivity contribution in [2.24, 2.45) is 5.92 Å². The summed E-state index contributed by atoms with van der Waals surface area (Å²) >= 11 is 0. The summed E-state index contributed by atoms with van der Waals surface area (Å²) in [5.41, 5.74) is 2.32. The Morgan fingerprint density at radius 1 is 1.26 bits per heavy atom. The van der Waals surface area contributed by atoms with E-state index in [4.69, 9.17) is 0 Å². The van der Waals surface area contributed by atoms with E-state index >= 15 is 0 Å². The Morgan fingerprint density at radius 2 is 2.00 bits per heavy atom. The van der Waals surface area contributed by atoms with Crippen LogP contribution in [0.3, 0.4) is 0 Å². The topological polar surface area (TPSA) is 71.4 Å². The van der Waals surface area contributed by atoms with E-state index < -0.39 is 6.04 Å². The lowest BCUT2D eigenvalue weighted by Crippen LogP contribution is -2.50. The molecule has 2 bridgehead atoms. The fraction of sp³-hybridized carbons (Fsp3) is 0.619. The quantitative estimate of drug-likeness (QED) is 0.816.